The lowest BCUT2D eigenvalue weighted by atomic mass is 10.0. The lowest BCUT2D eigenvalue weighted by Crippen LogP contribution is -2.30. The van der Waals surface area contributed by atoms with Crippen molar-refractivity contribution in [2.75, 3.05) is 5.75 Å². The Hall–Kier alpha value is -1.40. The molecule has 1 aliphatic carbocycles. The normalized spacial score (nSPS) is 17.4. The lowest BCUT2D eigenvalue weighted by molar-refractivity contribution is 0.463. The number of hydrogen-bond acceptors (Lipinski definition) is 5. The van der Waals surface area contributed by atoms with Gasteiger partial charge in [-0.1, -0.05) is 42.8 Å². The Balaban J connectivity index is 1.65. The summed E-state index contributed by atoms with van der Waals surface area (Å²) in [7, 11) is 0. The van der Waals surface area contributed by atoms with Crippen LogP contribution in [-0.2, 0) is 0 Å². The van der Waals surface area contributed by atoms with Crippen LogP contribution in [0.1, 0.15) is 25.7 Å². The number of nitrogens with zero attached hydrogens (tertiary/aromatic N) is 4. The Morgan fingerprint density at radius 1 is 1.25 bits per heavy atom. The first-order valence-electron chi connectivity index (χ1n) is 7.07. The molecule has 1 fully saturated rings. The highest BCUT2D eigenvalue weighted by atomic mass is 32.2. The van der Waals surface area contributed by atoms with Crippen molar-refractivity contribution in [2.24, 2.45) is 11.7 Å². The maximum atomic E-state index is 6.29. The minimum atomic E-state index is 0.239. The standard InChI is InChI=1S/C14H19N5S/c15-13(11-6-4-5-7-11)10-20-14-16-17-18-19(14)12-8-2-1-3-9-12/h1-3,8-9,11,13H,4-7,10,15H2. The third-order valence-corrected chi connectivity index (χ3v) is 4.92. The van der Waals surface area contributed by atoms with Crippen molar-refractivity contribution in [3.63, 3.8) is 0 Å². The Morgan fingerprint density at radius 2 is 2.00 bits per heavy atom. The van der Waals surface area contributed by atoms with E-state index in [1.165, 1.54) is 25.7 Å². The zero-order chi connectivity index (χ0) is 13.8. The van der Waals surface area contributed by atoms with E-state index in [4.69, 9.17) is 5.73 Å². The fourth-order valence-corrected chi connectivity index (χ4v) is 3.66. The fraction of sp³-hybridized carbons (Fsp3) is 0.500. The summed E-state index contributed by atoms with van der Waals surface area (Å²) < 4.78 is 1.77. The molecule has 0 radical (unpaired) electrons. The van der Waals surface area contributed by atoms with Crippen LogP contribution < -0.4 is 5.73 Å². The van der Waals surface area contributed by atoms with E-state index in [0.29, 0.717) is 5.92 Å². The number of benzene rings is 1. The molecular formula is C14H19N5S. The van der Waals surface area contributed by atoms with E-state index >= 15 is 0 Å². The topological polar surface area (TPSA) is 69.6 Å². The molecule has 1 heterocycles. The summed E-state index contributed by atoms with van der Waals surface area (Å²) in [4.78, 5) is 0. The van der Waals surface area contributed by atoms with Crippen molar-refractivity contribution in [1.29, 1.82) is 0 Å². The average molecular weight is 289 g/mol. The highest BCUT2D eigenvalue weighted by molar-refractivity contribution is 7.99. The van der Waals surface area contributed by atoms with E-state index in [1.54, 1.807) is 16.4 Å². The van der Waals surface area contributed by atoms with Gasteiger partial charge in [0.1, 0.15) is 0 Å². The van der Waals surface area contributed by atoms with Crippen molar-refractivity contribution in [1.82, 2.24) is 20.2 Å². The van der Waals surface area contributed by atoms with E-state index in [9.17, 15) is 0 Å². The van der Waals surface area contributed by atoms with Gasteiger partial charge in [0.2, 0.25) is 5.16 Å². The van der Waals surface area contributed by atoms with E-state index in [0.717, 1.165) is 16.6 Å². The van der Waals surface area contributed by atoms with Crippen LogP contribution in [0.4, 0.5) is 0 Å². The first-order chi connectivity index (χ1) is 9.84. The molecule has 1 atom stereocenters. The van der Waals surface area contributed by atoms with Gasteiger partial charge in [0.25, 0.3) is 0 Å². The SMILES string of the molecule is NC(CSc1nnnn1-c1ccccc1)C1CCCC1. The molecule has 2 aromatic rings. The van der Waals surface area contributed by atoms with Crippen molar-refractivity contribution in [3.8, 4) is 5.69 Å². The Bertz CT molecular complexity index is 536. The second kappa shape index (κ2) is 6.37. The van der Waals surface area contributed by atoms with Gasteiger partial charge >= 0.3 is 0 Å². The smallest absolute Gasteiger partial charge is 0.214 e. The molecule has 5 nitrogen and oxygen atoms in total. The summed E-state index contributed by atoms with van der Waals surface area (Å²) in [5.74, 6) is 1.54. The third-order valence-electron chi connectivity index (χ3n) is 3.85. The van der Waals surface area contributed by atoms with Crippen LogP contribution >= 0.6 is 11.8 Å². The molecule has 0 amide bonds. The van der Waals surface area contributed by atoms with Crippen LogP contribution in [0, 0.1) is 5.92 Å². The molecule has 1 saturated carbocycles. The third kappa shape index (κ3) is 3.02. The minimum Gasteiger partial charge on any atom is -0.327 e. The van der Waals surface area contributed by atoms with Gasteiger partial charge in [-0.05, 0) is 41.3 Å². The molecule has 20 heavy (non-hydrogen) atoms. The van der Waals surface area contributed by atoms with Gasteiger partial charge < -0.3 is 5.73 Å². The molecule has 1 aromatic heterocycles. The van der Waals surface area contributed by atoms with Gasteiger partial charge in [0.05, 0.1) is 5.69 Å². The summed E-state index contributed by atoms with van der Waals surface area (Å²) in [6, 6.07) is 10.2. The van der Waals surface area contributed by atoms with Crippen molar-refractivity contribution in [3.05, 3.63) is 30.3 Å². The second-order valence-corrected chi connectivity index (χ2v) is 6.22. The van der Waals surface area contributed by atoms with Crippen molar-refractivity contribution in [2.45, 2.75) is 36.9 Å². The van der Waals surface area contributed by atoms with Crippen LogP contribution in [0.25, 0.3) is 5.69 Å². The summed E-state index contributed by atoms with van der Waals surface area (Å²) in [6.07, 6.45) is 5.19. The summed E-state index contributed by atoms with van der Waals surface area (Å²) in [6.45, 7) is 0. The van der Waals surface area contributed by atoms with E-state index in [-0.39, 0.29) is 6.04 Å². The number of para-hydroxylation sites is 1. The van der Waals surface area contributed by atoms with Gasteiger partial charge in [0, 0.05) is 11.8 Å². The molecule has 0 aliphatic heterocycles. The Kier molecular flexibility index (Phi) is 4.32. The molecule has 1 unspecified atom stereocenters. The zero-order valence-corrected chi connectivity index (χ0v) is 12.2. The van der Waals surface area contributed by atoms with Crippen LogP contribution in [0.2, 0.25) is 0 Å². The predicted molar refractivity (Wildman–Crippen MR) is 79.8 cm³/mol. The molecule has 2 N–H and O–H groups in total. The number of nitrogens with two attached hydrogens (primary N) is 1. The fourth-order valence-electron chi connectivity index (χ4n) is 2.69. The zero-order valence-electron chi connectivity index (χ0n) is 11.4. The molecule has 106 valence electrons. The number of hydrogen-bond donors (Lipinski definition) is 1. The number of rotatable bonds is 5. The molecule has 1 aliphatic rings. The number of aromatic nitrogens is 4. The largest absolute Gasteiger partial charge is 0.327 e. The Morgan fingerprint density at radius 3 is 2.75 bits per heavy atom. The summed E-state index contributed by atoms with van der Waals surface area (Å²) in [5.41, 5.74) is 7.27. The average Bonchev–Trinajstić information content (AvgIpc) is 3.17. The number of thioether (sulfide) groups is 1. The molecule has 1 aromatic carbocycles. The monoisotopic (exact) mass is 289 g/mol. The van der Waals surface area contributed by atoms with Crippen molar-refractivity contribution < 1.29 is 0 Å². The molecule has 0 bridgehead atoms. The highest BCUT2D eigenvalue weighted by Crippen LogP contribution is 2.29. The minimum absolute atomic E-state index is 0.239. The maximum Gasteiger partial charge on any atom is 0.214 e. The van der Waals surface area contributed by atoms with Gasteiger partial charge in [-0.2, -0.15) is 4.68 Å². The van der Waals surface area contributed by atoms with Gasteiger partial charge in [-0.3, -0.25) is 0 Å². The van der Waals surface area contributed by atoms with Crippen LogP contribution in [-0.4, -0.2) is 32.0 Å². The molecule has 6 heteroatoms. The van der Waals surface area contributed by atoms with Gasteiger partial charge in [-0.15, -0.1) is 5.10 Å². The van der Waals surface area contributed by atoms with Gasteiger partial charge in [0.15, 0.2) is 0 Å². The van der Waals surface area contributed by atoms with Crippen LogP contribution in [0.5, 0.6) is 0 Å². The van der Waals surface area contributed by atoms with Crippen LogP contribution in [0.3, 0.4) is 0 Å². The highest BCUT2D eigenvalue weighted by Gasteiger charge is 2.22. The first-order valence-corrected chi connectivity index (χ1v) is 8.05. The molecule has 0 saturated heterocycles. The Labute approximate surface area is 122 Å². The van der Waals surface area contributed by atoms with Crippen LogP contribution in [0.15, 0.2) is 35.5 Å². The van der Waals surface area contributed by atoms with Gasteiger partial charge in [-0.25, -0.2) is 0 Å². The lowest BCUT2D eigenvalue weighted by Gasteiger charge is -2.17. The van der Waals surface area contributed by atoms with E-state index < -0.39 is 0 Å². The molecule has 3 rings (SSSR count). The molecular weight excluding hydrogens is 270 g/mol. The molecule has 0 spiro atoms. The summed E-state index contributed by atoms with van der Waals surface area (Å²) >= 11 is 1.65. The summed E-state index contributed by atoms with van der Waals surface area (Å²) in [5, 5.41) is 12.7. The number of tetrazole rings is 1. The second-order valence-electron chi connectivity index (χ2n) is 5.23. The first kappa shape index (κ1) is 13.6. The van der Waals surface area contributed by atoms with Crippen molar-refractivity contribution >= 4 is 11.8 Å². The van der Waals surface area contributed by atoms with E-state index in [1.807, 2.05) is 30.3 Å². The predicted octanol–water partition coefficient (Wildman–Crippen LogP) is 2.27. The quantitative estimate of drug-likeness (QED) is 0.855. The maximum absolute atomic E-state index is 6.29. The van der Waals surface area contributed by atoms with E-state index in [2.05, 4.69) is 15.5 Å².